The van der Waals surface area contributed by atoms with Crippen LogP contribution in [0, 0.1) is 0 Å². The Bertz CT molecular complexity index is 1260. The van der Waals surface area contributed by atoms with Gasteiger partial charge >= 0.3 is 5.97 Å². The predicted molar refractivity (Wildman–Crippen MR) is 124 cm³/mol. The summed E-state index contributed by atoms with van der Waals surface area (Å²) in [7, 11) is 0. The molecule has 0 saturated heterocycles. The van der Waals surface area contributed by atoms with E-state index in [4.69, 9.17) is 0 Å². The van der Waals surface area contributed by atoms with E-state index >= 15 is 0 Å². The molecule has 0 saturated carbocycles. The van der Waals surface area contributed by atoms with Gasteiger partial charge in [-0.2, -0.15) is 0 Å². The summed E-state index contributed by atoms with van der Waals surface area (Å²) in [5.74, 6) is -0.200. The second-order valence-corrected chi connectivity index (χ2v) is 7.74. The fourth-order valence-corrected chi connectivity index (χ4v) is 3.67. The number of aromatic nitrogens is 4. The maximum Gasteiger partial charge on any atom is 0.355 e. The van der Waals surface area contributed by atoms with Gasteiger partial charge in [0.2, 0.25) is 11.6 Å². The van der Waals surface area contributed by atoms with E-state index in [2.05, 4.69) is 22.0 Å². The molecule has 0 aliphatic carbocycles. The lowest BCUT2D eigenvalue weighted by Crippen LogP contribution is -2.08. The van der Waals surface area contributed by atoms with E-state index in [1.165, 1.54) is 6.20 Å². The van der Waals surface area contributed by atoms with Gasteiger partial charge in [-0.05, 0) is 29.2 Å². The van der Waals surface area contributed by atoms with Gasteiger partial charge in [-0.3, -0.25) is 4.79 Å². The number of hydrogen-bond acceptors (Lipinski definition) is 5. The molecule has 1 N–H and O–H groups in total. The van der Waals surface area contributed by atoms with E-state index in [-0.39, 0.29) is 23.7 Å². The number of carbonyl (C=O) groups excluding carboxylic acids is 1. The Morgan fingerprint density at radius 3 is 2.39 bits per heavy atom. The maximum atomic E-state index is 12.7. The molecule has 0 atom stereocenters. The van der Waals surface area contributed by atoms with Gasteiger partial charge in [-0.15, -0.1) is 5.10 Å². The fraction of sp³-hybridized carbons (Fsp3) is 0.192. The van der Waals surface area contributed by atoms with Gasteiger partial charge in [0.25, 0.3) is 0 Å². The minimum atomic E-state index is -1.06. The average molecular weight is 441 g/mol. The van der Waals surface area contributed by atoms with Crippen LogP contribution in [0.3, 0.4) is 0 Å². The third-order valence-corrected chi connectivity index (χ3v) is 5.28. The van der Waals surface area contributed by atoms with Crippen molar-refractivity contribution in [2.24, 2.45) is 0 Å². The molecular formula is C26H24N4O3. The minimum Gasteiger partial charge on any atom is -0.476 e. The zero-order valence-electron chi connectivity index (χ0n) is 18.3. The Morgan fingerprint density at radius 2 is 1.70 bits per heavy atom. The molecule has 0 aliphatic rings. The van der Waals surface area contributed by atoms with Crippen LogP contribution in [0.4, 0.5) is 0 Å². The molecule has 7 nitrogen and oxygen atoms in total. The number of carboxylic acids is 1. The number of carboxylic acid groups (broad SMARTS) is 1. The largest absolute Gasteiger partial charge is 0.476 e. The smallest absolute Gasteiger partial charge is 0.355 e. The lowest BCUT2D eigenvalue weighted by molar-refractivity contribution is 0.0691. The van der Waals surface area contributed by atoms with Crippen molar-refractivity contribution < 1.29 is 14.7 Å². The summed E-state index contributed by atoms with van der Waals surface area (Å²) in [6, 6.07) is 20.7. The highest BCUT2D eigenvalue weighted by Gasteiger charge is 2.17. The molecule has 2 heterocycles. The number of nitrogens with zero attached hydrogens (tertiary/aromatic N) is 4. The van der Waals surface area contributed by atoms with Gasteiger partial charge in [-0.25, -0.2) is 19.4 Å². The first-order chi connectivity index (χ1) is 16.0. The Morgan fingerprint density at radius 1 is 0.939 bits per heavy atom. The Hall–Kier alpha value is -4.13. The molecule has 2 aromatic carbocycles. The Kier molecular flexibility index (Phi) is 6.69. The Labute approximate surface area is 191 Å². The van der Waals surface area contributed by atoms with Crippen LogP contribution in [-0.4, -0.2) is 36.6 Å². The second kappa shape index (κ2) is 9.99. The number of aryl methyl sites for hydroxylation is 1. The molecule has 0 spiro atoms. The van der Waals surface area contributed by atoms with Crippen LogP contribution in [0.5, 0.6) is 0 Å². The molecule has 0 radical (unpaired) electrons. The van der Waals surface area contributed by atoms with E-state index in [9.17, 15) is 14.7 Å². The van der Waals surface area contributed by atoms with Crippen molar-refractivity contribution in [3.8, 4) is 11.1 Å². The van der Waals surface area contributed by atoms with Gasteiger partial charge in [0, 0.05) is 31.1 Å². The number of pyridine rings is 1. The fourth-order valence-electron chi connectivity index (χ4n) is 3.67. The zero-order chi connectivity index (χ0) is 23.2. The van der Waals surface area contributed by atoms with Gasteiger partial charge in [-0.1, -0.05) is 67.6 Å². The van der Waals surface area contributed by atoms with Gasteiger partial charge in [0.15, 0.2) is 5.69 Å². The quantitative estimate of drug-likeness (QED) is 0.386. The molecule has 0 fully saturated rings. The van der Waals surface area contributed by atoms with Crippen molar-refractivity contribution in [3.63, 3.8) is 0 Å². The van der Waals surface area contributed by atoms with Crippen LogP contribution in [-0.2, 0) is 19.4 Å². The van der Waals surface area contributed by atoms with Crippen molar-refractivity contribution >= 4 is 11.8 Å². The molecule has 33 heavy (non-hydrogen) atoms. The van der Waals surface area contributed by atoms with Crippen molar-refractivity contribution in [1.82, 2.24) is 19.7 Å². The standard InChI is InChI=1S/C26H24N4O3/c1-2-15-30-23(28-25(29-30)22(31)16-18-7-4-3-5-8-18)17-19-10-12-20(13-11-19)21-9-6-14-27-24(21)26(32)33/h3-14H,2,15-17H2,1H3,(H,32,33). The number of Topliss-reactive ketones (excluding diaryl/α,β-unsaturated/α-hetero) is 1. The van der Waals surface area contributed by atoms with Gasteiger partial charge < -0.3 is 5.11 Å². The van der Waals surface area contributed by atoms with Crippen LogP contribution < -0.4 is 0 Å². The third kappa shape index (κ3) is 5.20. The highest BCUT2D eigenvalue weighted by Crippen LogP contribution is 2.23. The van der Waals surface area contributed by atoms with Crippen LogP contribution in [0.2, 0.25) is 0 Å². The molecular weight excluding hydrogens is 416 g/mol. The first-order valence-electron chi connectivity index (χ1n) is 10.8. The summed E-state index contributed by atoms with van der Waals surface area (Å²) in [6.45, 7) is 2.73. The number of aromatic carboxylic acids is 1. The van der Waals surface area contributed by atoms with E-state index in [1.807, 2.05) is 54.6 Å². The first kappa shape index (κ1) is 22.1. The van der Waals surface area contributed by atoms with Gasteiger partial charge in [0.1, 0.15) is 5.82 Å². The molecule has 0 amide bonds. The first-order valence-corrected chi connectivity index (χ1v) is 10.8. The minimum absolute atomic E-state index is 0.0227. The van der Waals surface area contributed by atoms with Crippen molar-refractivity contribution in [2.75, 3.05) is 0 Å². The average Bonchev–Trinajstić information content (AvgIpc) is 3.23. The lowest BCUT2D eigenvalue weighted by atomic mass is 10.0. The molecule has 166 valence electrons. The number of carbonyl (C=O) groups is 2. The van der Waals surface area contributed by atoms with Gasteiger partial charge in [0.05, 0.1) is 0 Å². The predicted octanol–water partition coefficient (Wildman–Crippen LogP) is 4.46. The normalized spacial score (nSPS) is 10.8. The monoisotopic (exact) mass is 440 g/mol. The lowest BCUT2D eigenvalue weighted by Gasteiger charge is -2.07. The van der Waals surface area contributed by atoms with Crippen molar-refractivity contribution in [3.05, 3.63) is 101 Å². The molecule has 0 bridgehead atoms. The summed E-state index contributed by atoms with van der Waals surface area (Å²) < 4.78 is 1.80. The summed E-state index contributed by atoms with van der Waals surface area (Å²) in [5, 5.41) is 13.9. The summed E-state index contributed by atoms with van der Waals surface area (Å²) >= 11 is 0. The van der Waals surface area contributed by atoms with Crippen molar-refractivity contribution in [2.45, 2.75) is 32.7 Å². The molecule has 2 aromatic heterocycles. The SMILES string of the molecule is CCCn1nc(C(=O)Cc2ccccc2)nc1Cc1ccc(-c2cccnc2C(=O)O)cc1. The topological polar surface area (TPSA) is 98.0 Å². The van der Waals surface area contributed by atoms with Crippen LogP contribution in [0.25, 0.3) is 11.1 Å². The summed E-state index contributed by atoms with van der Waals surface area (Å²) in [5.41, 5.74) is 3.29. The van der Waals surface area contributed by atoms with Crippen LogP contribution in [0.15, 0.2) is 72.9 Å². The molecule has 0 aliphatic heterocycles. The molecule has 7 heteroatoms. The molecule has 4 aromatic rings. The number of benzene rings is 2. The highest BCUT2D eigenvalue weighted by atomic mass is 16.4. The van der Waals surface area contributed by atoms with E-state index < -0.39 is 5.97 Å². The van der Waals surface area contributed by atoms with E-state index in [0.717, 1.165) is 28.9 Å². The molecule has 0 unspecified atom stereocenters. The van der Waals surface area contributed by atoms with Crippen molar-refractivity contribution in [1.29, 1.82) is 0 Å². The number of ketones is 1. The summed E-state index contributed by atoms with van der Waals surface area (Å²) in [6.07, 6.45) is 3.13. The number of rotatable bonds is 9. The number of hydrogen-bond donors (Lipinski definition) is 1. The Balaban J connectivity index is 1.55. The van der Waals surface area contributed by atoms with Crippen LogP contribution >= 0.6 is 0 Å². The van der Waals surface area contributed by atoms with E-state index in [1.54, 1.807) is 16.8 Å². The van der Waals surface area contributed by atoms with E-state index in [0.29, 0.717) is 18.5 Å². The summed E-state index contributed by atoms with van der Waals surface area (Å²) in [4.78, 5) is 32.7. The maximum absolute atomic E-state index is 12.7. The molecule has 4 rings (SSSR count). The second-order valence-electron chi connectivity index (χ2n) is 7.74. The zero-order valence-corrected chi connectivity index (χ0v) is 18.3. The highest BCUT2D eigenvalue weighted by molar-refractivity contribution is 5.94. The third-order valence-electron chi connectivity index (χ3n) is 5.28. The van der Waals surface area contributed by atoms with Crippen LogP contribution in [0.1, 0.15) is 51.4 Å².